The molecule has 2 heteroatoms. The molecule has 0 unspecified atom stereocenters. The highest BCUT2D eigenvalue weighted by Crippen LogP contribution is 2.15. The highest BCUT2D eigenvalue weighted by atomic mass is 16.3. The first-order valence-corrected chi connectivity index (χ1v) is 11.9. The normalized spacial score (nSPS) is 11.0. The van der Waals surface area contributed by atoms with Gasteiger partial charge in [-0.15, -0.1) is 0 Å². The molecular weight excluding hydrogens is 330 g/mol. The van der Waals surface area contributed by atoms with Gasteiger partial charge in [0.2, 0.25) is 0 Å². The Morgan fingerprint density at radius 3 is 1.33 bits per heavy atom. The Labute approximate surface area is 169 Å². The molecule has 27 heavy (non-hydrogen) atoms. The van der Waals surface area contributed by atoms with Gasteiger partial charge in [-0.05, 0) is 30.7 Å². The molecule has 1 aromatic rings. The summed E-state index contributed by atoms with van der Waals surface area (Å²) in [5.41, 5.74) is 1.10. The molecule has 156 valence electrons. The summed E-state index contributed by atoms with van der Waals surface area (Å²) in [7, 11) is 0. The third-order valence-corrected chi connectivity index (χ3v) is 5.48. The largest absolute Gasteiger partial charge is 0.508 e. The first-order chi connectivity index (χ1) is 13.3. The van der Waals surface area contributed by atoms with Crippen LogP contribution in [0.2, 0.25) is 0 Å². The molecule has 2 nitrogen and oxygen atoms in total. The van der Waals surface area contributed by atoms with Crippen LogP contribution in [0.25, 0.3) is 0 Å². The minimum Gasteiger partial charge on any atom is -0.508 e. The van der Waals surface area contributed by atoms with Gasteiger partial charge in [-0.3, -0.25) is 0 Å². The highest BCUT2D eigenvalue weighted by molar-refractivity contribution is 5.45. The summed E-state index contributed by atoms with van der Waals surface area (Å²) in [4.78, 5) is 0. The molecule has 0 heterocycles. The number of aromatic hydroxyl groups is 1. The maximum Gasteiger partial charge on any atom is 0.115 e. The fraction of sp³-hybridized carbons (Fsp3) is 0.760. The first-order valence-electron chi connectivity index (χ1n) is 11.9. The maximum absolute atomic E-state index is 9.26. The van der Waals surface area contributed by atoms with E-state index >= 15 is 0 Å². The van der Waals surface area contributed by atoms with Crippen LogP contribution >= 0.6 is 0 Å². The standard InChI is InChI=1S/C25H45NO/c1-2-3-4-5-6-7-8-9-10-11-12-13-14-15-16-17-18-23-26-24-19-21-25(27)22-20-24/h19-22,26-27H,2-18,23H2,1H3. The van der Waals surface area contributed by atoms with Crippen molar-refractivity contribution in [1.29, 1.82) is 0 Å². The Morgan fingerprint density at radius 2 is 0.926 bits per heavy atom. The number of benzene rings is 1. The van der Waals surface area contributed by atoms with E-state index in [1.807, 2.05) is 12.1 Å². The first kappa shape index (κ1) is 23.9. The van der Waals surface area contributed by atoms with E-state index in [4.69, 9.17) is 0 Å². The zero-order valence-corrected chi connectivity index (χ0v) is 18.0. The van der Waals surface area contributed by atoms with Gasteiger partial charge in [0.25, 0.3) is 0 Å². The molecule has 0 aliphatic rings. The number of phenolic OH excluding ortho intramolecular Hbond substituents is 1. The Kier molecular flexibility index (Phi) is 16.1. The van der Waals surface area contributed by atoms with Gasteiger partial charge in [-0.2, -0.15) is 0 Å². The molecule has 0 aliphatic carbocycles. The van der Waals surface area contributed by atoms with Gasteiger partial charge >= 0.3 is 0 Å². The van der Waals surface area contributed by atoms with Gasteiger partial charge in [-0.1, -0.05) is 110 Å². The lowest BCUT2D eigenvalue weighted by atomic mass is 10.0. The summed E-state index contributed by atoms with van der Waals surface area (Å²) >= 11 is 0. The van der Waals surface area contributed by atoms with Crippen LogP contribution in [0.5, 0.6) is 5.75 Å². The number of unbranched alkanes of at least 4 members (excludes halogenated alkanes) is 16. The van der Waals surface area contributed by atoms with Gasteiger partial charge < -0.3 is 10.4 Å². The van der Waals surface area contributed by atoms with Crippen LogP contribution in [0.1, 0.15) is 116 Å². The number of rotatable bonds is 19. The monoisotopic (exact) mass is 375 g/mol. The van der Waals surface area contributed by atoms with Gasteiger partial charge in [0.15, 0.2) is 0 Å². The second-order valence-electron chi connectivity index (χ2n) is 8.13. The minimum atomic E-state index is 0.332. The van der Waals surface area contributed by atoms with Crippen LogP contribution in [0.4, 0.5) is 5.69 Å². The zero-order valence-electron chi connectivity index (χ0n) is 18.0. The molecule has 1 aromatic carbocycles. The number of hydrogen-bond acceptors (Lipinski definition) is 2. The summed E-state index contributed by atoms with van der Waals surface area (Å²) < 4.78 is 0. The molecule has 1 rings (SSSR count). The van der Waals surface area contributed by atoms with Crippen LogP contribution in [0.3, 0.4) is 0 Å². The topological polar surface area (TPSA) is 32.3 Å². The number of phenols is 1. The van der Waals surface area contributed by atoms with E-state index < -0.39 is 0 Å². The summed E-state index contributed by atoms with van der Waals surface area (Å²) in [5.74, 6) is 0.332. The van der Waals surface area contributed by atoms with Crippen molar-refractivity contribution in [3.05, 3.63) is 24.3 Å². The van der Waals surface area contributed by atoms with E-state index in [1.54, 1.807) is 12.1 Å². The van der Waals surface area contributed by atoms with Crippen molar-refractivity contribution in [2.75, 3.05) is 11.9 Å². The number of nitrogens with one attached hydrogen (secondary N) is 1. The van der Waals surface area contributed by atoms with Gasteiger partial charge in [0.05, 0.1) is 0 Å². The van der Waals surface area contributed by atoms with Crippen molar-refractivity contribution >= 4 is 5.69 Å². The number of anilines is 1. The number of hydrogen-bond donors (Lipinski definition) is 2. The summed E-state index contributed by atoms with van der Waals surface area (Å²) in [6.45, 7) is 3.32. The SMILES string of the molecule is CCCCCCCCCCCCCCCCCCCNc1ccc(O)cc1. The molecule has 0 atom stereocenters. The van der Waals surface area contributed by atoms with E-state index in [9.17, 15) is 5.11 Å². The summed E-state index contributed by atoms with van der Waals surface area (Å²) in [6, 6.07) is 7.33. The Bertz CT molecular complexity index is 415. The third-order valence-electron chi connectivity index (χ3n) is 5.48. The molecule has 0 amide bonds. The van der Waals surface area contributed by atoms with Crippen molar-refractivity contribution in [2.45, 2.75) is 116 Å². The lowest BCUT2D eigenvalue weighted by Gasteiger charge is -2.06. The van der Waals surface area contributed by atoms with E-state index in [2.05, 4.69) is 12.2 Å². The fourth-order valence-corrected chi connectivity index (χ4v) is 3.66. The second kappa shape index (κ2) is 18.2. The third kappa shape index (κ3) is 15.6. The highest BCUT2D eigenvalue weighted by Gasteiger charge is 1.96. The summed E-state index contributed by atoms with van der Waals surface area (Å²) in [6.07, 6.45) is 24.1. The molecule has 0 bridgehead atoms. The lowest BCUT2D eigenvalue weighted by molar-refractivity contribution is 0.475. The molecule has 0 fully saturated rings. The molecule has 0 radical (unpaired) electrons. The van der Waals surface area contributed by atoms with Crippen molar-refractivity contribution in [3.63, 3.8) is 0 Å². The molecule has 0 aliphatic heterocycles. The molecule has 0 aromatic heterocycles. The van der Waals surface area contributed by atoms with Crippen molar-refractivity contribution in [3.8, 4) is 5.75 Å². The minimum absolute atomic E-state index is 0.332. The lowest BCUT2D eigenvalue weighted by Crippen LogP contribution is -2.00. The molecule has 2 N–H and O–H groups in total. The fourth-order valence-electron chi connectivity index (χ4n) is 3.66. The molecule has 0 saturated heterocycles. The average Bonchev–Trinajstić information content (AvgIpc) is 2.68. The van der Waals surface area contributed by atoms with Crippen LogP contribution in [0.15, 0.2) is 24.3 Å². The smallest absolute Gasteiger partial charge is 0.115 e. The zero-order chi connectivity index (χ0) is 19.4. The Balaban J connectivity index is 1.71. The van der Waals surface area contributed by atoms with Crippen LogP contribution in [0, 0.1) is 0 Å². The maximum atomic E-state index is 9.26. The van der Waals surface area contributed by atoms with Crippen LogP contribution < -0.4 is 5.32 Å². The second-order valence-corrected chi connectivity index (χ2v) is 8.13. The van der Waals surface area contributed by atoms with Crippen molar-refractivity contribution in [2.24, 2.45) is 0 Å². The average molecular weight is 376 g/mol. The Morgan fingerprint density at radius 1 is 0.556 bits per heavy atom. The van der Waals surface area contributed by atoms with E-state index in [0.717, 1.165) is 12.2 Å². The van der Waals surface area contributed by atoms with Crippen molar-refractivity contribution in [1.82, 2.24) is 0 Å². The molecule has 0 saturated carbocycles. The quantitative estimate of drug-likeness (QED) is 0.188. The van der Waals surface area contributed by atoms with E-state index in [-0.39, 0.29) is 0 Å². The summed E-state index contributed by atoms with van der Waals surface area (Å²) in [5, 5.41) is 12.7. The molecular formula is C25H45NO. The van der Waals surface area contributed by atoms with E-state index in [0.29, 0.717) is 5.75 Å². The van der Waals surface area contributed by atoms with Gasteiger partial charge in [0, 0.05) is 12.2 Å². The van der Waals surface area contributed by atoms with Gasteiger partial charge in [0.1, 0.15) is 5.75 Å². The predicted octanol–water partition coefficient (Wildman–Crippen LogP) is 8.46. The van der Waals surface area contributed by atoms with E-state index in [1.165, 1.54) is 109 Å². The predicted molar refractivity (Wildman–Crippen MR) is 121 cm³/mol. The van der Waals surface area contributed by atoms with Crippen LogP contribution in [-0.4, -0.2) is 11.7 Å². The Hall–Kier alpha value is -1.18. The van der Waals surface area contributed by atoms with Crippen LogP contribution in [-0.2, 0) is 0 Å². The van der Waals surface area contributed by atoms with Crippen molar-refractivity contribution < 1.29 is 5.11 Å². The van der Waals surface area contributed by atoms with Gasteiger partial charge in [-0.25, -0.2) is 0 Å². The molecule has 0 spiro atoms.